The minimum Gasteiger partial charge on any atom is -0.497 e. The van der Waals surface area contributed by atoms with E-state index in [9.17, 15) is 0 Å². The third-order valence-electron chi connectivity index (χ3n) is 3.38. The van der Waals surface area contributed by atoms with Gasteiger partial charge in [0.05, 0.1) is 7.11 Å². The predicted octanol–water partition coefficient (Wildman–Crippen LogP) is 4.63. The second-order valence-electron chi connectivity index (χ2n) is 4.86. The molecule has 0 fully saturated rings. The van der Waals surface area contributed by atoms with Crippen molar-refractivity contribution in [3.63, 3.8) is 0 Å². The highest BCUT2D eigenvalue weighted by Crippen LogP contribution is 2.32. The minimum absolute atomic E-state index is 0.0105. The van der Waals surface area contributed by atoms with Crippen molar-refractivity contribution in [3.05, 3.63) is 63.2 Å². The van der Waals surface area contributed by atoms with Gasteiger partial charge in [-0.05, 0) is 58.0 Å². The summed E-state index contributed by atoms with van der Waals surface area (Å²) in [6, 6.07) is 17.0. The number of hydrogen-bond acceptors (Lipinski definition) is 1. The molecule has 2 heteroatoms. The Kier molecular flexibility index (Phi) is 3.95. The molecule has 94 valence electrons. The first kappa shape index (κ1) is 13.4. The van der Waals surface area contributed by atoms with Gasteiger partial charge in [0, 0.05) is 8.99 Å². The van der Waals surface area contributed by atoms with E-state index in [4.69, 9.17) is 4.74 Å². The van der Waals surface area contributed by atoms with Crippen molar-refractivity contribution in [2.75, 3.05) is 7.11 Å². The normalized spacial score (nSPS) is 11.3. The number of hydrogen-bond donors (Lipinski definition) is 0. The summed E-state index contributed by atoms with van der Waals surface area (Å²) in [5.41, 5.74) is 2.63. The Morgan fingerprint density at radius 3 is 1.72 bits per heavy atom. The van der Waals surface area contributed by atoms with Crippen LogP contribution in [0.1, 0.15) is 25.0 Å². The number of halogens is 1. The fourth-order valence-electron chi connectivity index (χ4n) is 2.04. The molecule has 0 aliphatic carbocycles. The topological polar surface area (TPSA) is 9.23 Å². The lowest BCUT2D eigenvalue weighted by atomic mass is 9.78. The Balaban J connectivity index is 2.37. The second-order valence-corrected chi connectivity index (χ2v) is 6.11. The van der Waals surface area contributed by atoms with E-state index in [2.05, 4.69) is 72.8 Å². The molecule has 0 amide bonds. The van der Waals surface area contributed by atoms with Crippen molar-refractivity contribution >= 4 is 22.6 Å². The molecule has 0 unspecified atom stereocenters. The number of ether oxygens (including phenoxy) is 1. The highest BCUT2D eigenvalue weighted by atomic mass is 127. The van der Waals surface area contributed by atoms with E-state index in [1.165, 1.54) is 14.7 Å². The lowest BCUT2D eigenvalue weighted by Crippen LogP contribution is -2.18. The maximum absolute atomic E-state index is 5.20. The first-order chi connectivity index (χ1) is 8.54. The van der Waals surface area contributed by atoms with Crippen LogP contribution in [-0.4, -0.2) is 7.11 Å². The van der Waals surface area contributed by atoms with Crippen LogP contribution in [0.4, 0.5) is 0 Å². The smallest absolute Gasteiger partial charge is 0.118 e. The van der Waals surface area contributed by atoms with E-state index in [1.54, 1.807) is 7.11 Å². The average Bonchev–Trinajstić information content (AvgIpc) is 2.39. The first-order valence-electron chi connectivity index (χ1n) is 5.94. The molecule has 0 N–H and O–H groups in total. The van der Waals surface area contributed by atoms with Gasteiger partial charge in [0.15, 0.2) is 0 Å². The molecule has 0 radical (unpaired) electrons. The molecule has 0 atom stereocenters. The molecular formula is C16H17IO. The summed E-state index contributed by atoms with van der Waals surface area (Å²) in [5, 5.41) is 0. The molecular weight excluding hydrogens is 335 g/mol. The summed E-state index contributed by atoms with van der Waals surface area (Å²) in [4.78, 5) is 0. The van der Waals surface area contributed by atoms with Crippen LogP contribution in [0.25, 0.3) is 0 Å². The van der Waals surface area contributed by atoms with Crippen molar-refractivity contribution in [2.45, 2.75) is 19.3 Å². The van der Waals surface area contributed by atoms with E-state index in [1.807, 2.05) is 12.1 Å². The first-order valence-corrected chi connectivity index (χ1v) is 7.02. The van der Waals surface area contributed by atoms with Crippen molar-refractivity contribution in [1.29, 1.82) is 0 Å². The van der Waals surface area contributed by atoms with Gasteiger partial charge in [-0.1, -0.05) is 38.1 Å². The summed E-state index contributed by atoms with van der Waals surface area (Å²) in [6.45, 7) is 4.49. The molecule has 0 aliphatic heterocycles. The zero-order valence-corrected chi connectivity index (χ0v) is 13.1. The Morgan fingerprint density at radius 1 is 0.833 bits per heavy atom. The van der Waals surface area contributed by atoms with E-state index in [0.717, 1.165) is 5.75 Å². The van der Waals surface area contributed by atoms with Crippen molar-refractivity contribution in [2.24, 2.45) is 0 Å². The Morgan fingerprint density at radius 2 is 1.28 bits per heavy atom. The summed E-state index contributed by atoms with van der Waals surface area (Å²) in [6.07, 6.45) is 0. The zero-order chi connectivity index (χ0) is 13.2. The molecule has 0 aliphatic rings. The third kappa shape index (κ3) is 2.69. The van der Waals surface area contributed by atoms with Crippen LogP contribution in [0.3, 0.4) is 0 Å². The Bertz CT molecular complexity index is 512. The molecule has 0 heterocycles. The van der Waals surface area contributed by atoms with Crippen LogP contribution in [0.2, 0.25) is 0 Å². The SMILES string of the molecule is COc1ccc(C(C)(C)c2ccc(I)cc2)cc1. The number of benzene rings is 2. The number of methoxy groups -OCH3 is 1. The van der Waals surface area contributed by atoms with Crippen LogP contribution in [0.15, 0.2) is 48.5 Å². The summed E-state index contributed by atoms with van der Waals surface area (Å²) >= 11 is 2.33. The van der Waals surface area contributed by atoms with Gasteiger partial charge in [0.25, 0.3) is 0 Å². The molecule has 0 saturated carbocycles. The minimum atomic E-state index is 0.0105. The maximum atomic E-state index is 5.20. The average molecular weight is 352 g/mol. The van der Waals surface area contributed by atoms with Crippen LogP contribution in [-0.2, 0) is 5.41 Å². The molecule has 0 bridgehead atoms. The van der Waals surface area contributed by atoms with Crippen LogP contribution in [0, 0.1) is 3.57 Å². The standard InChI is InChI=1S/C16H17IO/c1-16(2,12-4-8-14(17)9-5-12)13-6-10-15(18-3)11-7-13/h4-11H,1-3H3. The summed E-state index contributed by atoms with van der Waals surface area (Å²) in [5.74, 6) is 0.900. The predicted molar refractivity (Wildman–Crippen MR) is 84.3 cm³/mol. The van der Waals surface area contributed by atoms with Crippen LogP contribution >= 0.6 is 22.6 Å². The lowest BCUT2D eigenvalue weighted by Gasteiger charge is -2.26. The Hall–Kier alpha value is -1.03. The van der Waals surface area contributed by atoms with Gasteiger partial charge >= 0.3 is 0 Å². The van der Waals surface area contributed by atoms with Crippen molar-refractivity contribution in [1.82, 2.24) is 0 Å². The highest BCUT2D eigenvalue weighted by Gasteiger charge is 2.22. The van der Waals surface area contributed by atoms with E-state index < -0.39 is 0 Å². The summed E-state index contributed by atoms with van der Waals surface area (Å²) < 4.78 is 6.47. The highest BCUT2D eigenvalue weighted by molar-refractivity contribution is 14.1. The van der Waals surface area contributed by atoms with E-state index in [-0.39, 0.29) is 5.41 Å². The molecule has 0 spiro atoms. The second kappa shape index (κ2) is 5.31. The molecule has 18 heavy (non-hydrogen) atoms. The van der Waals surface area contributed by atoms with E-state index >= 15 is 0 Å². The van der Waals surface area contributed by atoms with Crippen molar-refractivity contribution in [3.8, 4) is 5.75 Å². The Labute approximate surface area is 122 Å². The zero-order valence-electron chi connectivity index (χ0n) is 10.9. The monoisotopic (exact) mass is 352 g/mol. The van der Waals surface area contributed by atoms with Gasteiger partial charge in [0.2, 0.25) is 0 Å². The van der Waals surface area contributed by atoms with Gasteiger partial charge in [-0.15, -0.1) is 0 Å². The van der Waals surface area contributed by atoms with Crippen LogP contribution in [0.5, 0.6) is 5.75 Å². The molecule has 2 rings (SSSR count). The largest absolute Gasteiger partial charge is 0.497 e. The van der Waals surface area contributed by atoms with Crippen molar-refractivity contribution < 1.29 is 4.74 Å². The fourth-order valence-corrected chi connectivity index (χ4v) is 2.40. The van der Waals surface area contributed by atoms with Gasteiger partial charge in [-0.25, -0.2) is 0 Å². The van der Waals surface area contributed by atoms with E-state index in [0.29, 0.717) is 0 Å². The van der Waals surface area contributed by atoms with Gasteiger partial charge in [-0.3, -0.25) is 0 Å². The number of rotatable bonds is 3. The quantitative estimate of drug-likeness (QED) is 0.732. The van der Waals surface area contributed by atoms with Gasteiger partial charge in [-0.2, -0.15) is 0 Å². The maximum Gasteiger partial charge on any atom is 0.118 e. The van der Waals surface area contributed by atoms with Crippen LogP contribution < -0.4 is 4.74 Å². The lowest BCUT2D eigenvalue weighted by molar-refractivity contribution is 0.414. The van der Waals surface area contributed by atoms with Gasteiger partial charge < -0.3 is 4.74 Å². The van der Waals surface area contributed by atoms with Gasteiger partial charge in [0.1, 0.15) is 5.75 Å². The molecule has 0 saturated heterocycles. The fraction of sp³-hybridized carbons (Fsp3) is 0.250. The third-order valence-corrected chi connectivity index (χ3v) is 4.10. The molecule has 2 aromatic carbocycles. The molecule has 0 aromatic heterocycles. The molecule has 2 aromatic rings. The summed E-state index contributed by atoms with van der Waals surface area (Å²) in [7, 11) is 1.69. The molecule has 1 nitrogen and oxygen atoms in total.